The van der Waals surface area contributed by atoms with E-state index >= 15 is 0 Å². The van der Waals surface area contributed by atoms with Crippen molar-refractivity contribution in [1.29, 1.82) is 0 Å². The van der Waals surface area contributed by atoms with Crippen LogP contribution in [0.25, 0.3) is 11.6 Å². The third-order valence-corrected chi connectivity index (χ3v) is 5.65. The van der Waals surface area contributed by atoms with E-state index < -0.39 is 0 Å². The van der Waals surface area contributed by atoms with Crippen molar-refractivity contribution in [1.82, 2.24) is 20.3 Å². The number of rotatable bonds is 8. The molecule has 4 aromatic rings. The lowest BCUT2D eigenvalue weighted by Gasteiger charge is -2.09. The number of thioether (sulfide) groups is 1. The molecule has 0 fully saturated rings. The quantitative estimate of drug-likeness (QED) is 0.390. The molecule has 0 spiro atoms. The molecule has 4 rings (SSSR count). The van der Waals surface area contributed by atoms with Crippen LogP contribution in [0.2, 0.25) is 0 Å². The summed E-state index contributed by atoms with van der Waals surface area (Å²) in [5.74, 6) is 2.28. The van der Waals surface area contributed by atoms with E-state index in [1.54, 1.807) is 18.4 Å². The number of furan rings is 1. The highest BCUT2D eigenvalue weighted by Gasteiger charge is 2.19. The van der Waals surface area contributed by atoms with Gasteiger partial charge in [-0.05, 0) is 38.1 Å². The summed E-state index contributed by atoms with van der Waals surface area (Å²) >= 11 is 2.95. The molecule has 0 bridgehead atoms. The maximum Gasteiger partial charge on any atom is 0.240 e. The monoisotopic (exact) mass is 415 g/mol. The predicted octanol–water partition coefficient (Wildman–Crippen LogP) is 5.18. The number of anilines is 2. The SMILES string of the molecule is CCOc1ccccc1Nc1nnc(S[C@H](C)c2nc(-c3ccco3)no2)s1. The average molecular weight is 416 g/mol. The molecule has 1 N–H and O–H groups in total. The van der Waals surface area contributed by atoms with Crippen LogP contribution >= 0.6 is 23.1 Å². The summed E-state index contributed by atoms with van der Waals surface area (Å²) in [7, 11) is 0. The van der Waals surface area contributed by atoms with Gasteiger partial charge in [0.25, 0.3) is 0 Å². The van der Waals surface area contributed by atoms with Crippen LogP contribution < -0.4 is 10.1 Å². The fraction of sp³-hybridized carbons (Fsp3) is 0.222. The largest absolute Gasteiger partial charge is 0.492 e. The van der Waals surface area contributed by atoms with Gasteiger partial charge in [0, 0.05) is 0 Å². The zero-order valence-electron chi connectivity index (χ0n) is 15.2. The van der Waals surface area contributed by atoms with Gasteiger partial charge in [-0.15, -0.1) is 10.2 Å². The number of hydrogen-bond acceptors (Lipinski definition) is 10. The highest BCUT2D eigenvalue weighted by atomic mass is 32.2. The van der Waals surface area contributed by atoms with Crippen LogP contribution in [-0.2, 0) is 0 Å². The zero-order valence-corrected chi connectivity index (χ0v) is 16.8. The van der Waals surface area contributed by atoms with Gasteiger partial charge in [0.15, 0.2) is 10.1 Å². The number of hydrogen-bond donors (Lipinski definition) is 1. The first-order valence-electron chi connectivity index (χ1n) is 8.59. The van der Waals surface area contributed by atoms with Crippen LogP contribution in [0.3, 0.4) is 0 Å². The van der Waals surface area contributed by atoms with Crippen molar-refractivity contribution >= 4 is 33.9 Å². The highest BCUT2D eigenvalue weighted by molar-refractivity contribution is 8.01. The van der Waals surface area contributed by atoms with Crippen LogP contribution in [0.4, 0.5) is 10.8 Å². The van der Waals surface area contributed by atoms with Crippen molar-refractivity contribution in [3.63, 3.8) is 0 Å². The Morgan fingerprint density at radius 3 is 2.93 bits per heavy atom. The third-order valence-electron chi connectivity index (χ3n) is 3.64. The smallest absolute Gasteiger partial charge is 0.240 e. The molecule has 1 aromatic carbocycles. The maximum absolute atomic E-state index is 5.62. The van der Waals surface area contributed by atoms with Crippen molar-refractivity contribution < 1.29 is 13.7 Å². The molecule has 0 saturated carbocycles. The summed E-state index contributed by atoms with van der Waals surface area (Å²) < 4.78 is 17.1. The summed E-state index contributed by atoms with van der Waals surface area (Å²) in [6, 6.07) is 11.3. The van der Waals surface area contributed by atoms with E-state index in [9.17, 15) is 0 Å². The summed E-state index contributed by atoms with van der Waals surface area (Å²) in [4.78, 5) is 4.39. The molecule has 0 unspecified atom stereocenters. The molecule has 144 valence electrons. The first-order chi connectivity index (χ1) is 13.7. The minimum Gasteiger partial charge on any atom is -0.492 e. The Bertz CT molecular complexity index is 1030. The van der Waals surface area contributed by atoms with Gasteiger partial charge in [0.2, 0.25) is 16.8 Å². The number of ether oxygens (including phenoxy) is 1. The Morgan fingerprint density at radius 1 is 1.21 bits per heavy atom. The standard InChI is InChI=1S/C18H17N5O3S2/c1-3-24-13-8-5-4-7-12(13)19-17-21-22-18(28-17)27-11(2)16-20-15(23-26-16)14-9-6-10-25-14/h4-11H,3H2,1-2H3,(H,19,21)/t11-/m1/s1. The molecular weight excluding hydrogens is 398 g/mol. The topological polar surface area (TPSA) is 99.1 Å². The Labute approximate surface area is 169 Å². The van der Waals surface area contributed by atoms with E-state index in [1.807, 2.05) is 38.1 Å². The van der Waals surface area contributed by atoms with E-state index in [-0.39, 0.29) is 5.25 Å². The lowest BCUT2D eigenvalue weighted by Crippen LogP contribution is -1.97. The lowest BCUT2D eigenvalue weighted by atomic mass is 10.3. The molecule has 0 aliphatic heterocycles. The highest BCUT2D eigenvalue weighted by Crippen LogP contribution is 2.38. The van der Waals surface area contributed by atoms with Crippen LogP contribution in [-0.4, -0.2) is 26.9 Å². The first kappa shape index (κ1) is 18.5. The van der Waals surface area contributed by atoms with Gasteiger partial charge in [-0.2, -0.15) is 4.98 Å². The Kier molecular flexibility index (Phi) is 5.58. The number of aromatic nitrogens is 4. The predicted molar refractivity (Wildman–Crippen MR) is 107 cm³/mol. The summed E-state index contributed by atoms with van der Waals surface area (Å²) in [5.41, 5.74) is 0.852. The van der Waals surface area contributed by atoms with E-state index in [0.717, 1.165) is 15.8 Å². The second kappa shape index (κ2) is 8.44. The molecule has 0 aliphatic rings. The van der Waals surface area contributed by atoms with E-state index in [0.29, 0.717) is 29.2 Å². The van der Waals surface area contributed by atoms with Crippen molar-refractivity contribution in [3.8, 4) is 17.3 Å². The molecule has 3 heterocycles. The fourth-order valence-corrected chi connectivity index (χ4v) is 4.32. The van der Waals surface area contributed by atoms with E-state index in [2.05, 4.69) is 25.7 Å². The fourth-order valence-electron chi connectivity index (χ4n) is 2.38. The van der Waals surface area contributed by atoms with Crippen molar-refractivity contribution in [2.75, 3.05) is 11.9 Å². The molecule has 3 aromatic heterocycles. The molecule has 0 amide bonds. The van der Waals surface area contributed by atoms with Gasteiger partial charge in [-0.25, -0.2) is 0 Å². The van der Waals surface area contributed by atoms with Gasteiger partial charge in [0.05, 0.1) is 23.8 Å². The molecule has 10 heteroatoms. The Balaban J connectivity index is 1.42. The second-order valence-electron chi connectivity index (χ2n) is 5.62. The van der Waals surface area contributed by atoms with Gasteiger partial charge in [-0.3, -0.25) is 0 Å². The first-order valence-corrected chi connectivity index (χ1v) is 10.3. The Hall–Kier alpha value is -2.85. The normalized spacial score (nSPS) is 12.1. The van der Waals surface area contributed by atoms with Gasteiger partial charge in [-0.1, -0.05) is 40.4 Å². The minimum atomic E-state index is -0.0762. The molecule has 0 aliphatic carbocycles. The maximum atomic E-state index is 5.62. The van der Waals surface area contributed by atoms with Gasteiger partial charge < -0.3 is 19.0 Å². The Morgan fingerprint density at radius 2 is 2.11 bits per heavy atom. The van der Waals surface area contributed by atoms with Crippen LogP contribution in [0.5, 0.6) is 5.75 Å². The molecular formula is C18H17N5O3S2. The number of para-hydroxylation sites is 2. The number of nitrogens with zero attached hydrogens (tertiary/aromatic N) is 4. The third kappa shape index (κ3) is 4.18. The summed E-state index contributed by atoms with van der Waals surface area (Å²) in [6.07, 6.45) is 1.57. The van der Waals surface area contributed by atoms with E-state index in [4.69, 9.17) is 13.7 Å². The summed E-state index contributed by atoms with van der Waals surface area (Å²) in [5, 5.41) is 16.3. The van der Waals surface area contributed by atoms with E-state index in [1.165, 1.54) is 23.1 Å². The average Bonchev–Trinajstić information content (AvgIpc) is 3.45. The number of nitrogens with one attached hydrogen (secondary N) is 1. The van der Waals surface area contributed by atoms with Crippen molar-refractivity contribution in [2.24, 2.45) is 0 Å². The summed E-state index contributed by atoms with van der Waals surface area (Å²) in [6.45, 7) is 4.52. The van der Waals surface area contributed by atoms with Crippen molar-refractivity contribution in [2.45, 2.75) is 23.4 Å². The van der Waals surface area contributed by atoms with Crippen LogP contribution in [0.15, 0.2) is 55.9 Å². The van der Waals surface area contributed by atoms with Gasteiger partial charge >= 0.3 is 0 Å². The molecule has 1 atom stereocenters. The van der Waals surface area contributed by atoms with Crippen LogP contribution in [0.1, 0.15) is 25.0 Å². The molecule has 28 heavy (non-hydrogen) atoms. The zero-order chi connectivity index (χ0) is 19.3. The molecule has 0 radical (unpaired) electrons. The minimum absolute atomic E-state index is 0.0762. The van der Waals surface area contributed by atoms with Gasteiger partial charge in [0.1, 0.15) is 5.75 Å². The van der Waals surface area contributed by atoms with Crippen molar-refractivity contribution in [3.05, 3.63) is 48.6 Å². The van der Waals surface area contributed by atoms with Crippen LogP contribution in [0, 0.1) is 0 Å². The lowest BCUT2D eigenvalue weighted by molar-refractivity contribution is 0.342. The number of benzene rings is 1. The second-order valence-corrected chi connectivity index (χ2v) is 8.19. The molecule has 0 saturated heterocycles. The molecule has 8 nitrogen and oxygen atoms in total.